The summed E-state index contributed by atoms with van der Waals surface area (Å²) in [5, 5.41) is 3.76. The second-order valence-electron chi connectivity index (χ2n) is 6.21. The van der Waals surface area contributed by atoms with Crippen LogP contribution in [0.25, 0.3) is 0 Å². The first-order valence-corrected chi connectivity index (χ1v) is 9.01. The first-order valence-electron chi connectivity index (χ1n) is 8.21. The van der Waals surface area contributed by atoms with E-state index in [4.69, 9.17) is 4.74 Å². The maximum Gasteiger partial charge on any atom is 0.119 e. The van der Waals surface area contributed by atoms with E-state index in [9.17, 15) is 0 Å². The van der Waals surface area contributed by atoms with Crippen molar-refractivity contribution in [1.29, 1.82) is 0 Å². The van der Waals surface area contributed by atoms with Crippen molar-refractivity contribution in [2.45, 2.75) is 25.3 Å². The lowest BCUT2D eigenvalue weighted by Crippen LogP contribution is -2.29. The van der Waals surface area contributed by atoms with Gasteiger partial charge in [-0.1, -0.05) is 40.2 Å². The number of fused-ring (bicyclic) bond motifs is 3. The fourth-order valence-electron chi connectivity index (χ4n) is 3.83. The lowest BCUT2D eigenvalue weighted by molar-refractivity contribution is 0.338. The van der Waals surface area contributed by atoms with Gasteiger partial charge in [0.2, 0.25) is 0 Å². The van der Waals surface area contributed by atoms with Gasteiger partial charge >= 0.3 is 0 Å². The minimum atomic E-state index is 0.355. The molecule has 4 rings (SSSR count). The normalized spacial score (nSPS) is 24.7. The molecule has 0 saturated heterocycles. The van der Waals surface area contributed by atoms with Crippen molar-refractivity contribution in [2.75, 3.05) is 11.9 Å². The Morgan fingerprint density at radius 1 is 1.17 bits per heavy atom. The van der Waals surface area contributed by atoms with E-state index in [0.29, 0.717) is 24.5 Å². The van der Waals surface area contributed by atoms with Crippen LogP contribution in [0.1, 0.15) is 36.4 Å². The summed E-state index contributed by atoms with van der Waals surface area (Å²) in [7, 11) is 0. The SMILES string of the molecule is CCOc1ccc2c(c1)C1C=CCC1C(c1ccc(Br)cc1)N2. The zero-order chi connectivity index (χ0) is 15.8. The van der Waals surface area contributed by atoms with E-state index in [1.54, 1.807) is 0 Å². The van der Waals surface area contributed by atoms with Crippen LogP contribution in [0.3, 0.4) is 0 Å². The molecule has 0 spiro atoms. The van der Waals surface area contributed by atoms with E-state index in [2.05, 4.69) is 75.9 Å². The van der Waals surface area contributed by atoms with Gasteiger partial charge in [0.15, 0.2) is 0 Å². The number of nitrogens with one attached hydrogen (secondary N) is 1. The zero-order valence-corrected chi connectivity index (χ0v) is 14.7. The van der Waals surface area contributed by atoms with Crippen molar-refractivity contribution in [1.82, 2.24) is 0 Å². The van der Waals surface area contributed by atoms with Crippen LogP contribution >= 0.6 is 15.9 Å². The Labute approximate surface area is 145 Å². The van der Waals surface area contributed by atoms with E-state index in [-0.39, 0.29) is 0 Å². The summed E-state index contributed by atoms with van der Waals surface area (Å²) in [4.78, 5) is 0. The highest BCUT2D eigenvalue weighted by Gasteiger charge is 2.37. The van der Waals surface area contributed by atoms with E-state index in [1.807, 2.05) is 6.92 Å². The van der Waals surface area contributed by atoms with Crippen LogP contribution in [0.2, 0.25) is 0 Å². The first-order chi connectivity index (χ1) is 11.3. The van der Waals surface area contributed by atoms with Crippen molar-refractivity contribution in [2.24, 2.45) is 5.92 Å². The summed E-state index contributed by atoms with van der Waals surface area (Å²) in [5.41, 5.74) is 3.95. The van der Waals surface area contributed by atoms with Crippen LogP contribution in [-0.4, -0.2) is 6.61 Å². The number of ether oxygens (including phenoxy) is 1. The average Bonchev–Trinajstić information content (AvgIpc) is 3.05. The minimum absolute atomic E-state index is 0.355. The van der Waals surface area contributed by atoms with Crippen molar-refractivity contribution in [3.63, 3.8) is 0 Å². The third-order valence-corrected chi connectivity index (χ3v) is 5.40. The Bertz CT molecular complexity index is 738. The van der Waals surface area contributed by atoms with Crippen LogP contribution < -0.4 is 10.1 Å². The highest BCUT2D eigenvalue weighted by molar-refractivity contribution is 9.10. The van der Waals surface area contributed by atoms with Crippen molar-refractivity contribution in [3.05, 3.63) is 70.2 Å². The van der Waals surface area contributed by atoms with Crippen LogP contribution in [-0.2, 0) is 0 Å². The third kappa shape index (κ3) is 2.67. The Kier molecular flexibility index (Phi) is 3.90. The molecule has 2 aromatic carbocycles. The molecule has 1 aliphatic heterocycles. The predicted molar refractivity (Wildman–Crippen MR) is 98.1 cm³/mol. The van der Waals surface area contributed by atoms with Gasteiger partial charge in [0.05, 0.1) is 12.6 Å². The molecule has 0 amide bonds. The molecule has 2 nitrogen and oxygen atoms in total. The Morgan fingerprint density at radius 3 is 2.78 bits per heavy atom. The Hall–Kier alpha value is -1.74. The molecule has 0 saturated carbocycles. The molecular weight excluding hydrogens is 350 g/mol. The lowest BCUT2D eigenvalue weighted by Gasteiger charge is -2.37. The molecular formula is C20H20BrNO. The topological polar surface area (TPSA) is 21.3 Å². The minimum Gasteiger partial charge on any atom is -0.494 e. The van der Waals surface area contributed by atoms with E-state index in [0.717, 1.165) is 16.6 Å². The van der Waals surface area contributed by atoms with Gasteiger partial charge in [-0.05, 0) is 60.7 Å². The molecule has 0 aromatic heterocycles. The van der Waals surface area contributed by atoms with Gasteiger partial charge < -0.3 is 10.1 Å². The summed E-state index contributed by atoms with van der Waals surface area (Å²) < 4.78 is 6.81. The lowest BCUT2D eigenvalue weighted by atomic mass is 9.77. The highest BCUT2D eigenvalue weighted by Crippen LogP contribution is 2.50. The maximum atomic E-state index is 5.69. The standard InChI is InChI=1S/C20H20BrNO/c1-2-23-15-10-11-19-18(12-15)16-4-3-5-17(16)20(22-19)13-6-8-14(21)9-7-13/h3-4,6-12,16-17,20,22H,2,5H2,1H3. The van der Waals surface area contributed by atoms with Gasteiger partial charge in [-0.15, -0.1) is 0 Å². The van der Waals surface area contributed by atoms with E-state index < -0.39 is 0 Å². The van der Waals surface area contributed by atoms with E-state index >= 15 is 0 Å². The van der Waals surface area contributed by atoms with Crippen molar-refractivity contribution >= 4 is 21.6 Å². The second-order valence-corrected chi connectivity index (χ2v) is 7.12. The molecule has 1 N–H and O–H groups in total. The molecule has 0 radical (unpaired) electrons. The number of benzene rings is 2. The molecule has 3 atom stereocenters. The molecule has 118 valence electrons. The van der Waals surface area contributed by atoms with Crippen LogP contribution in [0, 0.1) is 5.92 Å². The number of halogens is 1. The molecule has 0 fully saturated rings. The summed E-state index contributed by atoms with van der Waals surface area (Å²) >= 11 is 3.53. The first kappa shape index (κ1) is 14.8. The van der Waals surface area contributed by atoms with E-state index in [1.165, 1.54) is 16.8 Å². The van der Waals surface area contributed by atoms with Gasteiger partial charge in [-0.25, -0.2) is 0 Å². The van der Waals surface area contributed by atoms with Gasteiger partial charge in [-0.3, -0.25) is 0 Å². The number of allylic oxidation sites excluding steroid dienone is 2. The predicted octanol–water partition coefficient (Wildman–Crippen LogP) is 5.67. The van der Waals surface area contributed by atoms with Crippen molar-refractivity contribution < 1.29 is 4.74 Å². The summed E-state index contributed by atoms with van der Waals surface area (Å²) in [6.45, 7) is 2.73. The number of rotatable bonds is 3. The summed E-state index contributed by atoms with van der Waals surface area (Å²) in [6.07, 6.45) is 5.81. The fraction of sp³-hybridized carbons (Fsp3) is 0.300. The number of anilines is 1. The Morgan fingerprint density at radius 2 is 2.00 bits per heavy atom. The van der Waals surface area contributed by atoms with Crippen LogP contribution in [0.15, 0.2) is 59.1 Å². The number of hydrogen-bond acceptors (Lipinski definition) is 2. The highest BCUT2D eigenvalue weighted by atomic mass is 79.9. The molecule has 1 aliphatic carbocycles. The molecule has 2 aliphatic rings. The monoisotopic (exact) mass is 369 g/mol. The molecule has 3 heteroatoms. The third-order valence-electron chi connectivity index (χ3n) is 4.87. The van der Waals surface area contributed by atoms with Crippen LogP contribution in [0.5, 0.6) is 5.75 Å². The molecule has 23 heavy (non-hydrogen) atoms. The smallest absolute Gasteiger partial charge is 0.119 e. The van der Waals surface area contributed by atoms with Gasteiger partial charge in [0.25, 0.3) is 0 Å². The number of hydrogen-bond donors (Lipinski definition) is 1. The van der Waals surface area contributed by atoms with Gasteiger partial charge in [0, 0.05) is 16.1 Å². The maximum absolute atomic E-state index is 5.69. The molecule has 1 heterocycles. The summed E-state index contributed by atoms with van der Waals surface area (Å²) in [6, 6.07) is 15.5. The molecule has 3 unspecified atom stereocenters. The molecule has 2 aromatic rings. The fourth-order valence-corrected chi connectivity index (χ4v) is 4.09. The average molecular weight is 370 g/mol. The van der Waals surface area contributed by atoms with Crippen LogP contribution in [0.4, 0.5) is 5.69 Å². The van der Waals surface area contributed by atoms with Gasteiger partial charge in [0.1, 0.15) is 5.75 Å². The van der Waals surface area contributed by atoms with Gasteiger partial charge in [-0.2, -0.15) is 0 Å². The summed E-state index contributed by atoms with van der Waals surface area (Å²) in [5.74, 6) is 2.01. The zero-order valence-electron chi connectivity index (χ0n) is 13.1. The largest absolute Gasteiger partial charge is 0.494 e. The quantitative estimate of drug-likeness (QED) is 0.703. The molecule has 0 bridgehead atoms. The second kappa shape index (κ2) is 6.04. The Balaban J connectivity index is 1.72. The van der Waals surface area contributed by atoms with Crippen molar-refractivity contribution in [3.8, 4) is 5.75 Å².